The number of hydrogen-bond donors (Lipinski definition) is 3. The van der Waals surface area contributed by atoms with Crippen LogP contribution in [0.2, 0.25) is 0 Å². The van der Waals surface area contributed by atoms with Crippen molar-refractivity contribution in [1.29, 1.82) is 0 Å². The van der Waals surface area contributed by atoms with Crippen LogP contribution >= 0.6 is 11.8 Å². The molecule has 59 heavy (non-hydrogen) atoms. The molecule has 4 aromatic rings. The number of amides is 5. The summed E-state index contributed by atoms with van der Waals surface area (Å²) >= 11 is 1.58. The fourth-order valence-corrected chi connectivity index (χ4v) is 9.33. The molecule has 2 unspecified atom stereocenters. The predicted octanol–water partition coefficient (Wildman–Crippen LogP) is 4.62. The minimum atomic E-state index is -0.649. The zero-order valence-electron chi connectivity index (χ0n) is 32.6. The number of aromatic nitrogens is 2. The molecule has 0 aliphatic carbocycles. The van der Waals surface area contributed by atoms with Crippen molar-refractivity contribution in [3.05, 3.63) is 89.5 Å². The summed E-state index contributed by atoms with van der Waals surface area (Å²) in [5.74, 6) is 1.43. The number of imide groups is 1. The van der Waals surface area contributed by atoms with Gasteiger partial charge in [0.05, 0.1) is 25.9 Å². The Morgan fingerprint density at radius 3 is 2.39 bits per heavy atom. The molecule has 2 fully saturated rings. The van der Waals surface area contributed by atoms with Gasteiger partial charge in [-0.3, -0.25) is 29.3 Å². The van der Waals surface area contributed by atoms with Crippen molar-refractivity contribution in [2.24, 2.45) is 11.7 Å². The van der Waals surface area contributed by atoms with E-state index in [2.05, 4.69) is 10.6 Å². The van der Waals surface area contributed by atoms with Gasteiger partial charge >= 0.3 is 0 Å². The summed E-state index contributed by atoms with van der Waals surface area (Å²) < 4.78 is 19.3. The van der Waals surface area contributed by atoms with E-state index in [4.69, 9.17) is 25.0 Å². The lowest BCUT2D eigenvalue weighted by molar-refractivity contribution is -0.138. The monoisotopic (exact) mass is 821 g/mol. The third-order valence-electron chi connectivity index (χ3n) is 11.4. The topological polar surface area (TPSA) is 187 Å². The van der Waals surface area contributed by atoms with Crippen molar-refractivity contribution in [3.63, 3.8) is 0 Å². The van der Waals surface area contributed by atoms with Crippen LogP contribution in [0.25, 0.3) is 11.3 Å². The summed E-state index contributed by atoms with van der Waals surface area (Å²) in [6, 6.07) is 22.0. The van der Waals surface area contributed by atoms with Gasteiger partial charge in [-0.25, -0.2) is 4.68 Å². The molecule has 2 atom stereocenters. The highest BCUT2D eigenvalue weighted by molar-refractivity contribution is 7.99. The van der Waals surface area contributed by atoms with Crippen LogP contribution in [0.5, 0.6) is 11.5 Å². The van der Waals surface area contributed by atoms with Crippen LogP contribution in [0.15, 0.2) is 77.7 Å². The zero-order valence-corrected chi connectivity index (χ0v) is 33.4. The molecule has 308 valence electrons. The molecule has 4 aliphatic rings. The van der Waals surface area contributed by atoms with E-state index in [9.17, 15) is 24.0 Å². The van der Waals surface area contributed by atoms with E-state index in [0.29, 0.717) is 80.0 Å². The van der Waals surface area contributed by atoms with E-state index in [-0.39, 0.29) is 49.3 Å². The molecule has 5 amide bonds. The van der Waals surface area contributed by atoms with Crippen LogP contribution in [-0.4, -0.2) is 107 Å². The number of nitrogens with one attached hydrogen (secondary N) is 2. The molecule has 5 heterocycles. The molecule has 0 saturated carbocycles. The molecule has 4 N–H and O–H groups in total. The van der Waals surface area contributed by atoms with Crippen molar-refractivity contribution in [1.82, 2.24) is 24.9 Å². The van der Waals surface area contributed by atoms with Crippen LogP contribution in [0, 0.1) is 5.92 Å². The Morgan fingerprint density at radius 1 is 0.864 bits per heavy atom. The maximum atomic E-state index is 13.1. The van der Waals surface area contributed by atoms with Crippen molar-refractivity contribution in [3.8, 4) is 22.8 Å². The molecule has 2 saturated heterocycles. The fraction of sp³-hybridized carbons (Fsp3) is 0.395. The van der Waals surface area contributed by atoms with Gasteiger partial charge < -0.3 is 35.1 Å². The molecule has 0 spiro atoms. The first kappa shape index (κ1) is 40.1. The van der Waals surface area contributed by atoms with Gasteiger partial charge in [-0.2, -0.15) is 5.10 Å². The van der Waals surface area contributed by atoms with E-state index in [0.717, 1.165) is 41.0 Å². The number of carbonyl (C=O) groups is 5. The molecule has 16 heteroatoms. The second kappa shape index (κ2) is 18.1. The number of piperidine rings is 2. The predicted molar refractivity (Wildman–Crippen MR) is 219 cm³/mol. The van der Waals surface area contributed by atoms with Gasteiger partial charge in [-0.05, 0) is 85.7 Å². The van der Waals surface area contributed by atoms with Gasteiger partial charge in [0.25, 0.3) is 11.8 Å². The van der Waals surface area contributed by atoms with Crippen molar-refractivity contribution >= 4 is 47.1 Å². The first-order valence-electron chi connectivity index (χ1n) is 20.1. The molecular weight excluding hydrogens is 775 g/mol. The molecule has 4 aliphatic heterocycles. The second-order valence-electron chi connectivity index (χ2n) is 15.0. The summed E-state index contributed by atoms with van der Waals surface area (Å²) in [6.07, 6.45) is 2.99. The zero-order chi connectivity index (χ0) is 40.9. The van der Waals surface area contributed by atoms with Gasteiger partial charge in [-0.1, -0.05) is 24.3 Å². The first-order chi connectivity index (χ1) is 28.7. The molecule has 8 rings (SSSR count). The van der Waals surface area contributed by atoms with Gasteiger partial charge in [0.1, 0.15) is 41.2 Å². The smallest absolute Gasteiger partial charge is 0.255 e. The maximum Gasteiger partial charge on any atom is 0.255 e. The van der Waals surface area contributed by atoms with Crippen LogP contribution in [0.3, 0.4) is 0 Å². The molecule has 1 aromatic heterocycles. The number of primary amides is 1. The summed E-state index contributed by atoms with van der Waals surface area (Å²) in [5, 5.41) is 10.7. The number of ether oxygens (including phenoxy) is 3. The SMILES string of the molecule is NC(=O)c1c(-c2ccc(Oc3ccccc3)cc2)nn2c1NCCC2C1CCN(C(=O)COCCOCCSc2cccc3c2CN(C2CCC(=O)NC2=O)C3=O)CC1. The highest BCUT2D eigenvalue weighted by Crippen LogP contribution is 2.40. The van der Waals surface area contributed by atoms with Crippen molar-refractivity contribution in [2.75, 3.05) is 57.1 Å². The number of para-hydroxylation sites is 1. The molecule has 0 radical (unpaired) electrons. The number of rotatable bonds is 15. The number of likely N-dealkylation sites (tertiary alicyclic amines) is 1. The number of fused-ring (bicyclic) bond motifs is 2. The quantitative estimate of drug-likeness (QED) is 0.0863. The minimum absolute atomic E-state index is 0.0200. The fourth-order valence-electron chi connectivity index (χ4n) is 8.39. The molecular formula is C43H47N7O8S. The van der Waals surface area contributed by atoms with Crippen molar-refractivity contribution < 1.29 is 38.2 Å². The highest BCUT2D eigenvalue weighted by atomic mass is 32.2. The Morgan fingerprint density at radius 2 is 1.63 bits per heavy atom. The lowest BCUT2D eigenvalue weighted by Crippen LogP contribution is -2.52. The van der Waals surface area contributed by atoms with Gasteiger partial charge in [0.15, 0.2) is 0 Å². The summed E-state index contributed by atoms with van der Waals surface area (Å²) in [5.41, 5.74) is 9.07. The van der Waals surface area contributed by atoms with E-state index in [1.165, 1.54) is 0 Å². The summed E-state index contributed by atoms with van der Waals surface area (Å²) in [7, 11) is 0. The Balaban J connectivity index is 0.763. The minimum Gasteiger partial charge on any atom is -0.457 e. The van der Waals surface area contributed by atoms with E-state index >= 15 is 0 Å². The highest BCUT2D eigenvalue weighted by Gasteiger charge is 2.40. The number of carbonyl (C=O) groups excluding carboxylic acids is 5. The van der Waals surface area contributed by atoms with Gasteiger partial charge in [0.2, 0.25) is 17.7 Å². The van der Waals surface area contributed by atoms with E-state index < -0.39 is 17.9 Å². The molecule has 0 bridgehead atoms. The number of benzene rings is 3. The largest absolute Gasteiger partial charge is 0.457 e. The van der Waals surface area contributed by atoms with E-state index in [1.807, 2.05) is 76.3 Å². The van der Waals surface area contributed by atoms with Crippen LogP contribution in [-0.2, 0) is 30.4 Å². The Bertz CT molecular complexity index is 2210. The second-order valence-corrected chi connectivity index (χ2v) is 16.2. The lowest BCUT2D eigenvalue weighted by atomic mass is 9.87. The molecule has 3 aromatic carbocycles. The third-order valence-corrected chi connectivity index (χ3v) is 12.4. The Hall–Kier alpha value is -5.71. The van der Waals surface area contributed by atoms with E-state index in [1.54, 1.807) is 22.7 Å². The van der Waals surface area contributed by atoms with Crippen LogP contribution in [0.4, 0.5) is 5.82 Å². The first-order valence-corrected chi connectivity index (χ1v) is 21.1. The number of thioether (sulfide) groups is 1. The third kappa shape index (κ3) is 8.84. The summed E-state index contributed by atoms with van der Waals surface area (Å²) in [4.78, 5) is 67.3. The normalized spacial score (nSPS) is 19.2. The maximum absolute atomic E-state index is 13.1. The van der Waals surface area contributed by atoms with Gasteiger partial charge in [-0.15, -0.1) is 11.8 Å². The standard InChI is InChI=1S/C43H47N7O8S/c44-40(53)38-39(28-9-11-30(12-10-28)58-29-5-2-1-3-6-29)47-50-33(15-18-45-41(38)50)27-16-19-48(20-17-27)37(52)26-57-22-21-56-23-24-59-35-8-4-7-31-32(35)25-49(43(31)55)34-13-14-36(51)46-42(34)54/h1-12,27,33-34,45H,13-26H2,(H2,44,53)(H,46,51,54). The van der Waals surface area contributed by atoms with Crippen LogP contribution < -0.4 is 21.1 Å². The Kier molecular flexibility index (Phi) is 12.3. The number of nitrogens with two attached hydrogens (primary N) is 1. The van der Waals surface area contributed by atoms with Crippen molar-refractivity contribution in [2.45, 2.75) is 55.6 Å². The number of anilines is 1. The molecule has 15 nitrogen and oxygen atoms in total. The Labute approximate surface area is 345 Å². The van der Waals surface area contributed by atoms with Crippen LogP contribution in [0.1, 0.15) is 64.4 Å². The number of nitrogens with zero attached hydrogens (tertiary/aromatic N) is 4. The van der Waals surface area contributed by atoms with Gasteiger partial charge in [0, 0.05) is 54.4 Å². The lowest BCUT2D eigenvalue weighted by Gasteiger charge is -2.38. The average Bonchev–Trinajstić information content (AvgIpc) is 3.81. The summed E-state index contributed by atoms with van der Waals surface area (Å²) in [6.45, 7) is 3.30. The number of hydrogen-bond acceptors (Lipinski definition) is 11. The average molecular weight is 822 g/mol.